The average Bonchev–Trinajstić information content (AvgIpc) is 2.77. The minimum absolute atomic E-state index is 0.182. The molecule has 3 aromatic carbocycles. The number of amides is 2. The number of carbonyl (C=O) groups is 3. The summed E-state index contributed by atoms with van der Waals surface area (Å²) >= 11 is 11.8. The van der Waals surface area contributed by atoms with Gasteiger partial charge in [-0.2, -0.15) is 5.10 Å². The Morgan fingerprint density at radius 3 is 2.38 bits per heavy atom. The van der Waals surface area contributed by atoms with Gasteiger partial charge in [0.05, 0.1) is 22.5 Å². The highest BCUT2D eigenvalue weighted by atomic mass is 35.5. The van der Waals surface area contributed by atoms with Crippen LogP contribution in [0.4, 0.5) is 10.1 Å². The summed E-state index contributed by atoms with van der Waals surface area (Å²) in [5.41, 5.74) is 2.61. The predicted molar refractivity (Wildman–Crippen MR) is 119 cm³/mol. The van der Waals surface area contributed by atoms with Gasteiger partial charge in [-0.15, -0.1) is 0 Å². The summed E-state index contributed by atoms with van der Waals surface area (Å²) in [6.07, 6.45) is 1.28. The molecule has 0 bridgehead atoms. The van der Waals surface area contributed by atoms with Crippen LogP contribution in [-0.2, 0) is 9.59 Å². The van der Waals surface area contributed by atoms with Crippen molar-refractivity contribution < 1.29 is 23.5 Å². The Balaban J connectivity index is 1.53. The van der Waals surface area contributed by atoms with Crippen LogP contribution in [0.5, 0.6) is 5.75 Å². The molecule has 0 spiro atoms. The molecule has 0 saturated carbocycles. The highest BCUT2D eigenvalue weighted by Gasteiger charge is 2.15. The van der Waals surface area contributed by atoms with Gasteiger partial charge in [-0.3, -0.25) is 9.59 Å². The van der Waals surface area contributed by atoms with Crippen molar-refractivity contribution in [1.29, 1.82) is 0 Å². The Labute approximate surface area is 191 Å². The van der Waals surface area contributed by atoms with Crippen molar-refractivity contribution in [3.05, 3.63) is 93.7 Å². The van der Waals surface area contributed by atoms with E-state index in [2.05, 4.69) is 15.8 Å². The summed E-state index contributed by atoms with van der Waals surface area (Å²) in [6.45, 7) is 0. The second-order valence-electron chi connectivity index (χ2n) is 6.22. The zero-order valence-corrected chi connectivity index (χ0v) is 17.7. The smallest absolute Gasteiger partial charge is 0.346 e. The standard InChI is InChI=1S/C22H14Cl2FN3O4/c23-14-7-10-17(24)19(11-14)27-20(29)21(30)28-26-12-13-5-8-15(9-6-13)32-22(31)16-3-1-2-4-18(16)25/h1-12H,(H,27,29)(H,28,30)/b26-12-. The minimum Gasteiger partial charge on any atom is -0.423 e. The van der Waals surface area contributed by atoms with E-state index in [9.17, 15) is 18.8 Å². The van der Waals surface area contributed by atoms with Crippen LogP contribution in [0, 0.1) is 5.82 Å². The summed E-state index contributed by atoms with van der Waals surface area (Å²) in [5.74, 6) is -3.33. The molecule has 2 amide bonds. The third kappa shape index (κ3) is 6.13. The van der Waals surface area contributed by atoms with Crippen molar-refractivity contribution >= 4 is 52.9 Å². The van der Waals surface area contributed by atoms with Gasteiger partial charge in [0.2, 0.25) is 0 Å². The topological polar surface area (TPSA) is 96.9 Å². The second-order valence-corrected chi connectivity index (χ2v) is 7.06. The molecule has 2 N–H and O–H groups in total. The fourth-order valence-corrected chi connectivity index (χ4v) is 2.74. The molecule has 0 aromatic heterocycles. The summed E-state index contributed by atoms with van der Waals surface area (Å²) in [4.78, 5) is 35.8. The number of hydrogen-bond donors (Lipinski definition) is 2. The van der Waals surface area contributed by atoms with E-state index in [4.69, 9.17) is 27.9 Å². The van der Waals surface area contributed by atoms with Crippen LogP contribution in [0.25, 0.3) is 0 Å². The van der Waals surface area contributed by atoms with Gasteiger partial charge in [-0.05, 0) is 60.2 Å². The number of benzene rings is 3. The SMILES string of the molecule is O=C(N/N=C\c1ccc(OC(=O)c2ccccc2F)cc1)C(=O)Nc1cc(Cl)ccc1Cl. The van der Waals surface area contributed by atoms with Crippen LogP contribution in [0.15, 0.2) is 71.8 Å². The Morgan fingerprint density at radius 2 is 1.66 bits per heavy atom. The van der Waals surface area contributed by atoms with Gasteiger partial charge < -0.3 is 10.1 Å². The Morgan fingerprint density at radius 1 is 0.938 bits per heavy atom. The first-order valence-corrected chi connectivity index (χ1v) is 9.75. The molecule has 0 radical (unpaired) electrons. The molecule has 10 heteroatoms. The van der Waals surface area contributed by atoms with Gasteiger partial charge in [0.1, 0.15) is 11.6 Å². The molecule has 0 atom stereocenters. The van der Waals surface area contributed by atoms with Crippen molar-refractivity contribution in [2.45, 2.75) is 0 Å². The van der Waals surface area contributed by atoms with E-state index in [0.29, 0.717) is 10.6 Å². The van der Waals surface area contributed by atoms with Crippen molar-refractivity contribution in [2.75, 3.05) is 5.32 Å². The molecular weight excluding hydrogens is 460 g/mol. The number of rotatable bonds is 5. The van der Waals surface area contributed by atoms with Gasteiger partial charge in [0, 0.05) is 5.02 Å². The number of halogens is 3. The number of hydrogen-bond acceptors (Lipinski definition) is 5. The summed E-state index contributed by atoms with van der Waals surface area (Å²) < 4.78 is 18.8. The number of hydrazone groups is 1. The molecule has 7 nitrogen and oxygen atoms in total. The van der Waals surface area contributed by atoms with Crippen LogP contribution in [0.2, 0.25) is 10.0 Å². The molecule has 0 aliphatic rings. The minimum atomic E-state index is -1.02. The van der Waals surface area contributed by atoms with E-state index >= 15 is 0 Å². The lowest BCUT2D eigenvalue weighted by Gasteiger charge is -2.06. The average molecular weight is 474 g/mol. The molecule has 32 heavy (non-hydrogen) atoms. The number of nitrogens with zero attached hydrogens (tertiary/aromatic N) is 1. The molecule has 162 valence electrons. The van der Waals surface area contributed by atoms with E-state index in [1.165, 1.54) is 54.7 Å². The third-order valence-corrected chi connectivity index (χ3v) is 4.51. The van der Waals surface area contributed by atoms with Crippen molar-refractivity contribution in [3.8, 4) is 5.75 Å². The Bertz CT molecular complexity index is 1200. The summed E-state index contributed by atoms with van der Waals surface area (Å²) in [5, 5.41) is 6.57. The van der Waals surface area contributed by atoms with E-state index in [1.54, 1.807) is 12.1 Å². The van der Waals surface area contributed by atoms with Crippen LogP contribution >= 0.6 is 23.2 Å². The zero-order valence-electron chi connectivity index (χ0n) is 16.1. The molecule has 0 fully saturated rings. The summed E-state index contributed by atoms with van der Waals surface area (Å²) in [7, 11) is 0. The van der Waals surface area contributed by atoms with Crippen LogP contribution < -0.4 is 15.5 Å². The van der Waals surface area contributed by atoms with Gasteiger partial charge in [-0.25, -0.2) is 14.6 Å². The molecule has 0 unspecified atom stereocenters. The lowest BCUT2D eigenvalue weighted by Crippen LogP contribution is -2.32. The fraction of sp³-hybridized carbons (Fsp3) is 0. The fourth-order valence-electron chi connectivity index (χ4n) is 2.40. The van der Waals surface area contributed by atoms with Crippen LogP contribution in [0.1, 0.15) is 15.9 Å². The maximum Gasteiger partial charge on any atom is 0.346 e. The zero-order chi connectivity index (χ0) is 23.1. The van der Waals surface area contributed by atoms with Crippen molar-refractivity contribution in [2.24, 2.45) is 5.10 Å². The van der Waals surface area contributed by atoms with Crippen LogP contribution in [-0.4, -0.2) is 24.0 Å². The van der Waals surface area contributed by atoms with E-state index in [-0.39, 0.29) is 22.0 Å². The highest BCUT2D eigenvalue weighted by molar-refractivity contribution is 6.42. The molecule has 0 aliphatic carbocycles. The lowest BCUT2D eigenvalue weighted by molar-refractivity contribution is -0.136. The first kappa shape index (κ1) is 22.9. The Kier molecular flexibility index (Phi) is 7.54. The molecule has 0 saturated heterocycles. The van der Waals surface area contributed by atoms with Gasteiger partial charge in [0.15, 0.2) is 0 Å². The second kappa shape index (κ2) is 10.5. The Hall–Kier alpha value is -3.75. The first-order valence-electron chi connectivity index (χ1n) is 8.99. The highest BCUT2D eigenvalue weighted by Crippen LogP contribution is 2.25. The predicted octanol–water partition coefficient (Wildman–Crippen LogP) is 4.44. The van der Waals surface area contributed by atoms with Crippen LogP contribution in [0.3, 0.4) is 0 Å². The number of esters is 1. The number of anilines is 1. The van der Waals surface area contributed by atoms with E-state index in [1.807, 2.05) is 0 Å². The first-order chi connectivity index (χ1) is 15.3. The number of carbonyl (C=O) groups excluding carboxylic acids is 3. The molecular formula is C22H14Cl2FN3O4. The molecule has 0 heterocycles. The largest absolute Gasteiger partial charge is 0.423 e. The van der Waals surface area contributed by atoms with Gasteiger partial charge >= 0.3 is 17.8 Å². The van der Waals surface area contributed by atoms with Crippen molar-refractivity contribution in [3.63, 3.8) is 0 Å². The van der Waals surface area contributed by atoms with Gasteiger partial charge in [-0.1, -0.05) is 35.3 Å². The van der Waals surface area contributed by atoms with E-state index in [0.717, 1.165) is 6.07 Å². The monoisotopic (exact) mass is 473 g/mol. The molecule has 3 rings (SSSR count). The normalized spacial score (nSPS) is 10.6. The van der Waals surface area contributed by atoms with Gasteiger partial charge in [0.25, 0.3) is 0 Å². The maximum absolute atomic E-state index is 13.6. The summed E-state index contributed by atoms with van der Waals surface area (Å²) in [6, 6.07) is 15.9. The van der Waals surface area contributed by atoms with Crippen molar-refractivity contribution in [1.82, 2.24) is 5.43 Å². The molecule has 3 aromatic rings. The quantitative estimate of drug-likeness (QED) is 0.188. The molecule has 0 aliphatic heterocycles. The third-order valence-electron chi connectivity index (χ3n) is 3.95. The van der Waals surface area contributed by atoms with E-state index < -0.39 is 23.6 Å². The maximum atomic E-state index is 13.6. The lowest BCUT2D eigenvalue weighted by atomic mass is 10.2. The number of ether oxygens (including phenoxy) is 1. The number of nitrogens with one attached hydrogen (secondary N) is 2.